The summed E-state index contributed by atoms with van der Waals surface area (Å²) in [6.45, 7) is 0.944. The molecule has 0 spiro atoms. The van der Waals surface area contributed by atoms with Crippen molar-refractivity contribution in [2.24, 2.45) is 0 Å². The Bertz CT molecular complexity index is 321. The van der Waals surface area contributed by atoms with Crippen molar-refractivity contribution < 1.29 is 0 Å². The lowest BCUT2D eigenvalue weighted by Gasteiger charge is -2.31. The molecule has 0 aliphatic carbocycles. The molecule has 1 aliphatic rings. The molecule has 1 aromatic heterocycles. The predicted octanol–water partition coefficient (Wildman–Crippen LogP) is 1.12. The van der Waals surface area contributed by atoms with Gasteiger partial charge in [0.1, 0.15) is 5.54 Å². The summed E-state index contributed by atoms with van der Waals surface area (Å²) >= 11 is 1.38. The molecule has 2 heterocycles. The van der Waals surface area contributed by atoms with Crippen LogP contribution in [0.25, 0.3) is 0 Å². The van der Waals surface area contributed by atoms with Crippen LogP contribution in [-0.2, 0) is 6.42 Å². The molecule has 1 fully saturated rings. The van der Waals surface area contributed by atoms with Crippen LogP contribution in [0.5, 0.6) is 0 Å². The highest BCUT2D eigenvalue weighted by Crippen LogP contribution is 2.23. The summed E-state index contributed by atoms with van der Waals surface area (Å²) in [7, 11) is 0. The number of hydrogen-bond acceptors (Lipinski definition) is 5. The lowest BCUT2D eigenvalue weighted by atomic mass is 9.87. The van der Waals surface area contributed by atoms with Crippen LogP contribution in [0.4, 0.5) is 0 Å². The maximum atomic E-state index is 9.19. The minimum atomic E-state index is -0.369. The predicted molar refractivity (Wildman–Crippen MR) is 53.8 cm³/mol. The minimum absolute atomic E-state index is 0.369. The topological polar surface area (TPSA) is 61.6 Å². The van der Waals surface area contributed by atoms with Crippen LogP contribution < -0.4 is 5.32 Å². The van der Waals surface area contributed by atoms with Gasteiger partial charge in [-0.05, 0) is 37.3 Å². The molecule has 0 bridgehead atoms. The maximum Gasteiger partial charge on any atom is 0.111 e. The number of hydrogen-bond donors (Lipinski definition) is 1. The molecule has 4 nitrogen and oxygen atoms in total. The minimum Gasteiger partial charge on any atom is -0.299 e. The van der Waals surface area contributed by atoms with Crippen molar-refractivity contribution in [1.82, 2.24) is 14.9 Å². The quantitative estimate of drug-likeness (QED) is 0.791. The standard InChI is InChI=1S/C9H12N4S/c10-7-9(3-1-2-4-11-9)5-8-6-12-13-14-8/h6,11H,1-5H2. The van der Waals surface area contributed by atoms with Gasteiger partial charge in [0, 0.05) is 11.3 Å². The highest BCUT2D eigenvalue weighted by molar-refractivity contribution is 7.05. The largest absolute Gasteiger partial charge is 0.299 e. The third-order valence-corrected chi connectivity index (χ3v) is 3.25. The summed E-state index contributed by atoms with van der Waals surface area (Å²) in [4.78, 5) is 1.08. The highest BCUT2D eigenvalue weighted by atomic mass is 32.1. The maximum absolute atomic E-state index is 9.19. The molecule has 1 aliphatic heterocycles. The molecule has 1 N–H and O–H groups in total. The average Bonchev–Trinajstić information content (AvgIpc) is 2.72. The molecular weight excluding hydrogens is 196 g/mol. The van der Waals surface area contributed by atoms with Gasteiger partial charge in [0.2, 0.25) is 0 Å². The smallest absolute Gasteiger partial charge is 0.111 e. The van der Waals surface area contributed by atoms with Gasteiger partial charge in [-0.3, -0.25) is 5.32 Å². The Labute approximate surface area is 87.1 Å². The van der Waals surface area contributed by atoms with Gasteiger partial charge >= 0.3 is 0 Å². The van der Waals surface area contributed by atoms with E-state index in [0.717, 1.165) is 30.7 Å². The molecule has 14 heavy (non-hydrogen) atoms. The first-order chi connectivity index (χ1) is 6.85. The Hall–Kier alpha value is -0.990. The molecule has 74 valence electrons. The summed E-state index contributed by atoms with van der Waals surface area (Å²) < 4.78 is 3.81. The second-order valence-electron chi connectivity index (χ2n) is 3.64. The summed E-state index contributed by atoms with van der Waals surface area (Å²) in [6, 6.07) is 2.40. The summed E-state index contributed by atoms with van der Waals surface area (Å²) in [6.07, 6.45) is 5.72. The Morgan fingerprint density at radius 1 is 1.64 bits per heavy atom. The fourth-order valence-electron chi connectivity index (χ4n) is 1.82. The van der Waals surface area contributed by atoms with E-state index in [2.05, 4.69) is 21.0 Å². The zero-order valence-corrected chi connectivity index (χ0v) is 8.68. The fourth-order valence-corrected chi connectivity index (χ4v) is 2.42. The van der Waals surface area contributed by atoms with Crippen molar-refractivity contribution in [2.75, 3.05) is 6.54 Å². The van der Waals surface area contributed by atoms with Crippen LogP contribution >= 0.6 is 11.5 Å². The van der Waals surface area contributed by atoms with Gasteiger partial charge in [-0.1, -0.05) is 4.49 Å². The van der Waals surface area contributed by atoms with Gasteiger partial charge in [-0.15, -0.1) is 5.10 Å². The summed E-state index contributed by atoms with van der Waals surface area (Å²) in [5, 5.41) is 16.3. The van der Waals surface area contributed by atoms with Gasteiger partial charge < -0.3 is 0 Å². The van der Waals surface area contributed by atoms with E-state index in [1.807, 2.05) is 0 Å². The molecule has 0 amide bonds. The molecule has 1 saturated heterocycles. The molecule has 1 unspecified atom stereocenters. The Morgan fingerprint density at radius 3 is 3.14 bits per heavy atom. The number of nitrogens with one attached hydrogen (secondary N) is 1. The van der Waals surface area contributed by atoms with Crippen LogP contribution in [0, 0.1) is 11.3 Å². The number of nitriles is 1. The van der Waals surface area contributed by atoms with E-state index in [1.54, 1.807) is 6.20 Å². The lowest BCUT2D eigenvalue weighted by molar-refractivity contribution is 0.323. The van der Waals surface area contributed by atoms with Crippen LogP contribution in [0.15, 0.2) is 6.20 Å². The second kappa shape index (κ2) is 4.03. The first-order valence-electron chi connectivity index (χ1n) is 4.77. The van der Waals surface area contributed by atoms with Crippen LogP contribution in [0.3, 0.4) is 0 Å². The normalized spacial score (nSPS) is 27.1. The van der Waals surface area contributed by atoms with E-state index >= 15 is 0 Å². The zero-order valence-electron chi connectivity index (χ0n) is 7.86. The van der Waals surface area contributed by atoms with Gasteiger partial charge in [0.05, 0.1) is 12.3 Å². The average molecular weight is 208 g/mol. The number of nitrogens with zero attached hydrogens (tertiary/aromatic N) is 3. The zero-order chi connectivity index (χ0) is 9.86. The summed E-state index contributed by atoms with van der Waals surface area (Å²) in [5.74, 6) is 0. The van der Waals surface area contributed by atoms with Crippen molar-refractivity contribution >= 4 is 11.5 Å². The molecule has 2 rings (SSSR count). The number of piperidine rings is 1. The van der Waals surface area contributed by atoms with Crippen LogP contribution in [0.2, 0.25) is 0 Å². The Balaban J connectivity index is 2.09. The molecule has 0 aromatic carbocycles. The van der Waals surface area contributed by atoms with E-state index < -0.39 is 0 Å². The van der Waals surface area contributed by atoms with Gasteiger partial charge in [0.15, 0.2) is 0 Å². The van der Waals surface area contributed by atoms with Crippen LogP contribution in [0.1, 0.15) is 24.1 Å². The third-order valence-electron chi connectivity index (χ3n) is 2.59. The van der Waals surface area contributed by atoms with Crippen molar-refractivity contribution in [3.8, 4) is 6.07 Å². The number of rotatable bonds is 2. The molecule has 0 saturated carbocycles. The third kappa shape index (κ3) is 1.91. The van der Waals surface area contributed by atoms with Gasteiger partial charge in [0.25, 0.3) is 0 Å². The monoisotopic (exact) mass is 208 g/mol. The van der Waals surface area contributed by atoms with E-state index in [1.165, 1.54) is 18.0 Å². The summed E-state index contributed by atoms with van der Waals surface area (Å²) in [5.41, 5.74) is -0.369. The molecule has 1 atom stereocenters. The van der Waals surface area contributed by atoms with E-state index in [9.17, 15) is 5.26 Å². The van der Waals surface area contributed by atoms with E-state index in [0.29, 0.717) is 0 Å². The molecule has 0 radical (unpaired) electrons. The van der Waals surface area contributed by atoms with Crippen molar-refractivity contribution in [1.29, 1.82) is 5.26 Å². The first-order valence-corrected chi connectivity index (χ1v) is 5.54. The van der Waals surface area contributed by atoms with E-state index in [-0.39, 0.29) is 5.54 Å². The second-order valence-corrected chi connectivity index (χ2v) is 4.51. The molecule has 1 aromatic rings. The van der Waals surface area contributed by atoms with Gasteiger partial charge in [-0.2, -0.15) is 5.26 Å². The molecule has 5 heteroatoms. The highest BCUT2D eigenvalue weighted by Gasteiger charge is 2.32. The van der Waals surface area contributed by atoms with Crippen LogP contribution in [-0.4, -0.2) is 21.7 Å². The number of aromatic nitrogens is 2. The van der Waals surface area contributed by atoms with E-state index in [4.69, 9.17) is 0 Å². The lowest BCUT2D eigenvalue weighted by Crippen LogP contribution is -2.48. The first kappa shape index (κ1) is 9.56. The van der Waals surface area contributed by atoms with Crippen molar-refractivity contribution in [2.45, 2.75) is 31.2 Å². The van der Waals surface area contributed by atoms with Crippen molar-refractivity contribution in [3.63, 3.8) is 0 Å². The Morgan fingerprint density at radius 2 is 2.57 bits per heavy atom. The SMILES string of the molecule is N#CC1(Cc2cnns2)CCCCN1. The van der Waals surface area contributed by atoms with Gasteiger partial charge in [-0.25, -0.2) is 0 Å². The van der Waals surface area contributed by atoms with Crippen molar-refractivity contribution in [3.05, 3.63) is 11.1 Å². The Kier molecular flexibility index (Phi) is 2.75. The molecular formula is C9H12N4S. The fraction of sp³-hybridized carbons (Fsp3) is 0.667.